The first-order valence-electron chi connectivity index (χ1n) is 4.51. The van der Waals surface area contributed by atoms with E-state index < -0.39 is 30.0 Å². The average molecular weight is 286 g/mol. The van der Waals surface area contributed by atoms with Crippen molar-refractivity contribution in [1.82, 2.24) is 0 Å². The fourth-order valence-corrected chi connectivity index (χ4v) is 2.70. The first-order chi connectivity index (χ1) is 8.19. The van der Waals surface area contributed by atoms with Crippen molar-refractivity contribution < 1.29 is 25.9 Å². The Morgan fingerprint density at radius 1 is 1.06 bits per heavy atom. The van der Waals surface area contributed by atoms with Gasteiger partial charge in [-0.05, 0) is 17.5 Å². The van der Waals surface area contributed by atoms with E-state index in [1.807, 2.05) is 6.07 Å². The van der Waals surface area contributed by atoms with Gasteiger partial charge in [0.2, 0.25) is 0 Å². The number of hydrogen-bond donors (Lipinski definition) is 2. The Balaban J connectivity index is 3.00. The SMILES string of the molecule is O=S(=O)(O)c1[c]c(S(=O)(=O)O)c2[c]cccc2c1. The lowest BCUT2D eigenvalue weighted by atomic mass is 10.1. The van der Waals surface area contributed by atoms with Crippen LogP contribution in [-0.4, -0.2) is 25.9 Å². The summed E-state index contributed by atoms with van der Waals surface area (Å²) < 4.78 is 62.2. The number of fused-ring (bicyclic) bond motifs is 1. The lowest BCUT2D eigenvalue weighted by molar-refractivity contribution is 0.481. The molecule has 0 atom stereocenters. The Kier molecular flexibility index (Phi) is 2.90. The molecule has 0 saturated carbocycles. The molecule has 0 spiro atoms. The van der Waals surface area contributed by atoms with Gasteiger partial charge in [-0.1, -0.05) is 18.2 Å². The van der Waals surface area contributed by atoms with E-state index in [0.29, 0.717) is 0 Å². The summed E-state index contributed by atoms with van der Waals surface area (Å²) in [6, 6.07) is 9.88. The van der Waals surface area contributed by atoms with Gasteiger partial charge >= 0.3 is 0 Å². The summed E-state index contributed by atoms with van der Waals surface area (Å²) in [5, 5.41) is 0.184. The monoisotopic (exact) mass is 286 g/mol. The van der Waals surface area contributed by atoms with E-state index in [2.05, 4.69) is 6.07 Å². The molecule has 0 aromatic heterocycles. The molecule has 2 aromatic carbocycles. The summed E-state index contributed by atoms with van der Waals surface area (Å²) in [5.41, 5.74) is 0. The molecule has 2 radical (unpaired) electrons. The van der Waals surface area contributed by atoms with Crippen molar-refractivity contribution in [3.8, 4) is 0 Å². The van der Waals surface area contributed by atoms with Crippen molar-refractivity contribution in [2.45, 2.75) is 9.79 Å². The molecule has 2 aromatic rings. The molecule has 94 valence electrons. The maximum Gasteiger partial charge on any atom is 0.295 e. The van der Waals surface area contributed by atoms with E-state index in [0.717, 1.165) is 6.07 Å². The first kappa shape index (κ1) is 13.0. The van der Waals surface area contributed by atoms with Crippen LogP contribution in [0.25, 0.3) is 10.8 Å². The lowest BCUT2D eigenvalue weighted by Gasteiger charge is -2.05. The fraction of sp³-hybridized carbons (Fsp3) is 0. The first-order valence-corrected chi connectivity index (χ1v) is 7.39. The predicted molar refractivity (Wildman–Crippen MR) is 61.2 cm³/mol. The number of hydrogen-bond acceptors (Lipinski definition) is 4. The van der Waals surface area contributed by atoms with Crippen LogP contribution in [-0.2, 0) is 20.2 Å². The summed E-state index contributed by atoms with van der Waals surface area (Å²) in [5.74, 6) is 0. The second-order valence-electron chi connectivity index (χ2n) is 3.41. The Hall–Kier alpha value is -1.48. The summed E-state index contributed by atoms with van der Waals surface area (Å²) in [6.45, 7) is 0. The third-order valence-electron chi connectivity index (χ3n) is 2.17. The molecular weight excluding hydrogens is 280 g/mol. The van der Waals surface area contributed by atoms with Crippen molar-refractivity contribution in [2.75, 3.05) is 0 Å². The van der Waals surface area contributed by atoms with Crippen molar-refractivity contribution in [3.63, 3.8) is 0 Å². The molecular formula is C10H6O6S2. The van der Waals surface area contributed by atoms with Crippen molar-refractivity contribution in [1.29, 1.82) is 0 Å². The normalized spacial score (nSPS) is 12.8. The van der Waals surface area contributed by atoms with Gasteiger partial charge in [-0.3, -0.25) is 9.11 Å². The van der Waals surface area contributed by atoms with Crippen LogP contribution in [0.15, 0.2) is 34.1 Å². The molecule has 0 unspecified atom stereocenters. The van der Waals surface area contributed by atoms with Gasteiger partial charge in [-0.15, -0.1) is 0 Å². The van der Waals surface area contributed by atoms with Gasteiger partial charge in [0.1, 0.15) is 9.79 Å². The zero-order chi connectivity index (χ0) is 13.6. The third-order valence-corrected chi connectivity index (χ3v) is 3.77. The van der Waals surface area contributed by atoms with Crippen LogP contribution in [0.5, 0.6) is 0 Å². The molecule has 18 heavy (non-hydrogen) atoms. The van der Waals surface area contributed by atoms with Crippen molar-refractivity contribution in [3.05, 3.63) is 36.4 Å². The van der Waals surface area contributed by atoms with E-state index in [1.54, 1.807) is 0 Å². The molecule has 0 aliphatic heterocycles. The molecule has 2 rings (SSSR count). The molecule has 0 heterocycles. The quantitative estimate of drug-likeness (QED) is 0.795. The standard InChI is InChI=1S/C10H6O6S2/c11-17(12,13)8-5-7-3-1-2-4-9(7)10(6-8)18(14,15)16/h1-3,5H,(H,11,12,13)(H,14,15,16). The molecule has 0 fully saturated rings. The van der Waals surface area contributed by atoms with Crippen LogP contribution < -0.4 is 0 Å². The highest BCUT2D eigenvalue weighted by atomic mass is 32.2. The second-order valence-corrected chi connectivity index (χ2v) is 6.16. The van der Waals surface area contributed by atoms with Gasteiger partial charge in [0, 0.05) is 11.5 Å². The minimum Gasteiger partial charge on any atom is -0.282 e. The van der Waals surface area contributed by atoms with E-state index >= 15 is 0 Å². The predicted octanol–water partition coefficient (Wildman–Crippen LogP) is 0.934. The third kappa shape index (κ3) is 2.36. The van der Waals surface area contributed by atoms with Gasteiger partial charge in [-0.25, -0.2) is 0 Å². The Labute approximate surface area is 103 Å². The molecule has 0 saturated heterocycles. The highest BCUT2D eigenvalue weighted by molar-refractivity contribution is 7.86. The van der Waals surface area contributed by atoms with Crippen LogP contribution in [0.4, 0.5) is 0 Å². The highest BCUT2D eigenvalue weighted by Gasteiger charge is 2.20. The second kappa shape index (κ2) is 4.02. The van der Waals surface area contributed by atoms with Gasteiger partial charge in [0.25, 0.3) is 20.2 Å². The fourth-order valence-electron chi connectivity index (χ4n) is 1.45. The topological polar surface area (TPSA) is 109 Å². The molecule has 0 bridgehead atoms. The van der Waals surface area contributed by atoms with Gasteiger partial charge in [-0.2, -0.15) is 16.8 Å². The smallest absolute Gasteiger partial charge is 0.282 e. The van der Waals surface area contributed by atoms with Crippen molar-refractivity contribution >= 4 is 31.0 Å². The van der Waals surface area contributed by atoms with Crippen molar-refractivity contribution in [2.24, 2.45) is 0 Å². The highest BCUT2D eigenvalue weighted by Crippen LogP contribution is 2.25. The van der Waals surface area contributed by atoms with Crippen LogP contribution in [0.2, 0.25) is 0 Å². The molecule has 6 nitrogen and oxygen atoms in total. The zero-order valence-corrected chi connectivity index (χ0v) is 10.3. The van der Waals surface area contributed by atoms with Crippen LogP contribution in [0.3, 0.4) is 0 Å². The maximum atomic E-state index is 11.2. The molecule has 0 amide bonds. The molecule has 0 aliphatic carbocycles. The number of rotatable bonds is 2. The van der Waals surface area contributed by atoms with Crippen LogP contribution >= 0.6 is 0 Å². The lowest BCUT2D eigenvalue weighted by Crippen LogP contribution is -2.04. The van der Waals surface area contributed by atoms with Crippen LogP contribution in [0.1, 0.15) is 0 Å². The van der Waals surface area contributed by atoms with Gasteiger partial charge in [0.05, 0.1) is 0 Å². The van der Waals surface area contributed by atoms with E-state index in [1.165, 1.54) is 18.2 Å². The van der Waals surface area contributed by atoms with Crippen LogP contribution in [0, 0.1) is 12.1 Å². The average Bonchev–Trinajstić information content (AvgIpc) is 2.25. The zero-order valence-electron chi connectivity index (χ0n) is 8.65. The van der Waals surface area contributed by atoms with Gasteiger partial charge in [0.15, 0.2) is 0 Å². The molecule has 8 heteroatoms. The summed E-state index contributed by atoms with van der Waals surface area (Å²) in [6.07, 6.45) is 0. The molecule has 2 N–H and O–H groups in total. The number of benzene rings is 2. The van der Waals surface area contributed by atoms with E-state index in [4.69, 9.17) is 9.11 Å². The minimum atomic E-state index is -4.67. The van der Waals surface area contributed by atoms with Gasteiger partial charge < -0.3 is 0 Å². The largest absolute Gasteiger partial charge is 0.295 e. The minimum absolute atomic E-state index is 0.00704. The Bertz CT molecular complexity index is 821. The van der Waals surface area contributed by atoms with E-state index in [-0.39, 0.29) is 10.8 Å². The summed E-state index contributed by atoms with van der Waals surface area (Å²) >= 11 is 0. The summed E-state index contributed by atoms with van der Waals surface area (Å²) in [7, 11) is -9.30. The van der Waals surface area contributed by atoms with E-state index in [9.17, 15) is 16.8 Å². The Morgan fingerprint density at radius 2 is 1.72 bits per heavy atom. The Morgan fingerprint density at radius 3 is 2.28 bits per heavy atom. The maximum absolute atomic E-state index is 11.2. The molecule has 0 aliphatic rings. The summed E-state index contributed by atoms with van der Waals surface area (Å²) in [4.78, 5) is -1.48.